The van der Waals surface area contributed by atoms with Gasteiger partial charge in [0.2, 0.25) is 0 Å². The zero-order valence-electron chi connectivity index (χ0n) is 11.5. The third kappa shape index (κ3) is 2.75. The second kappa shape index (κ2) is 5.71. The molecule has 0 spiro atoms. The molecular formula is C15H17BrO2S. The highest BCUT2D eigenvalue weighted by atomic mass is 79.9. The third-order valence-corrected chi connectivity index (χ3v) is 5.50. The summed E-state index contributed by atoms with van der Waals surface area (Å²) in [7, 11) is 0. The number of thioether (sulfide) groups is 1. The average molecular weight is 341 g/mol. The number of benzene rings is 1. The number of hydrogen-bond donors (Lipinski definition) is 0. The summed E-state index contributed by atoms with van der Waals surface area (Å²) in [5.74, 6) is -0.261. The van der Waals surface area contributed by atoms with Crippen LogP contribution in [0, 0.1) is 13.8 Å². The van der Waals surface area contributed by atoms with Gasteiger partial charge in [0, 0.05) is 26.3 Å². The maximum Gasteiger partial charge on any atom is 0.331 e. The van der Waals surface area contributed by atoms with Crippen molar-refractivity contribution in [1.29, 1.82) is 0 Å². The fourth-order valence-electron chi connectivity index (χ4n) is 2.17. The first kappa shape index (κ1) is 14.7. The molecular weight excluding hydrogens is 324 g/mol. The Morgan fingerprint density at radius 3 is 2.84 bits per heavy atom. The molecule has 102 valence electrons. The van der Waals surface area contributed by atoms with Crippen LogP contribution in [0.25, 0.3) is 5.57 Å². The van der Waals surface area contributed by atoms with Crippen molar-refractivity contribution in [1.82, 2.24) is 0 Å². The van der Waals surface area contributed by atoms with Crippen LogP contribution in [0.15, 0.2) is 21.5 Å². The predicted octanol–water partition coefficient (Wildman–Crippen LogP) is 4.51. The van der Waals surface area contributed by atoms with Crippen molar-refractivity contribution in [2.75, 3.05) is 6.61 Å². The second-order valence-corrected chi connectivity index (χ2v) is 6.79. The number of ether oxygens (including phenoxy) is 1. The monoisotopic (exact) mass is 340 g/mol. The topological polar surface area (TPSA) is 26.3 Å². The molecule has 19 heavy (non-hydrogen) atoms. The highest BCUT2D eigenvalue weighted by Gasteiger charge is 2.28. The summed E-state index contributed by atoms with van der Waals surface area (Å²) in [5, 5.41) is 0.275. The molecule has 0 amide bonds. The molecule has 0 saturated heterocycles. The van der Waals surface area contributed by atoms with Gasteiger partial charge in [0.15, 0.2) is 0 Å². The summed E-state index contributed by atoms with van der Waals surface area (Å²) in [6.45, 7) is 8.55. The van der Waals surface area contributed by atoms with Crippen molar-refractivity contribution in [3.05, 3.63) is 33.3 Å². The first-order chi connectivity index (χ1) is 8.95. The summed E-state index contributed by atoms with van der Waals surface area (Å²) in [6, 6.07) is 2.20. The molecule has 0 radical (unpaired) electrons. The number of hydrogen-bond acceptors (Lipinski definition) is 3. The number of rotatable bonds is 2. The highest BCUT2D eigenvalue weighted by molar-refractivity contribution is 9.10. The molecule has 1 aromatic carbocycles. The first-order valence-corrected chi connectivity index (χ1v) is 7.98. The van der Waals surface area contributed by atoms with E-state index >= 15 is 0 Å². The Hall–Kier alpha value is -0.740. The molecule has 1 aromatic rings. The van der Waals surface area contributed by atoms with Crippen molar-refractivity contribution in [3.8, 4) is 0 Å². The molecule has 1 unspecified atom stereocenters. The Labute approximate surface area is 126 Å². The maximum atomic E-state index is 11.7. The third-order valence-electron chi connectivity index (χ3n) is 3.32. The van der Waals surface area contributed by atoms with Crippen LogP contribution >= 0.6 is 27.7 Å². The number of aryl methyl sites for hydroxylation is 1. The summed E-state index contributed by atoms with van der Waals surface area (Å²) < 4.78 is 6.11. The van der Waals surface area contributed by atoms with Crippen molar-refractivity contribution < 1.29 is 9.53 Å². The lowest BCUT2D eigenvalue weighted by atomic mass is 9.98. The lowest BCUT2D eigenvalue weighted by Crippen LogP contribution is -2.04. The van der Waals surface area contributed by atoms with E-state index in [1.165, 1.54) is 16.0 Å². The summed E-state index contributed by atoms with van der Waals surface area (Å²) >= 11 is 5.46. The fourth-order valence-corrected chi connectivity index (χ4v) is 4.33. The van der Waals surface area contributed by atoms with Crippen LogP contribution in [0.2, 0.25) is 0 Å². The quantitative estimate of drug-likeness (QED) is 0.585. The largest absolute Gasteiger partial charge is 0.463 e. The zero-order valence-corrected chi connectivity index (χ0v) is 13.9. The van der Waals surface area contributed by atoms with Gasteiger partial charge in [-0.15, -0.1) is 11.8 Å². The molecule has 0 bridgehead atoms. The van der Waals surface area contributed by atoms with E-state index in [1.807, 2.05) is 6.92 Å². The van der Waals surface area contributed by atoms with Crippen LogP contribution in [0.5, 0.6) is 0 Å². The molecule has 2 nitrogen and oxygen atoms in total. The highest BCUT2D eigenvalue weighted by Crippen LogP contribution is 2.49. The van der Waals surface area contributed by atoms with Crippen LogP contribution in [-0.2, 0) is 9.53 Å². The van der Waals surface area contributed by atoms with E-state index in [2.05, 4.69) is 42.8 Å². The van der Waals surface area contributed by atoms with Crippen LogP contribution in [0.3, 0.4) is 0 Å². The molecule has 1 heterocycles. The van der Waals surface area contributed by atoms with E-state index in [9.17, 15) is 4.79 Å². The Balaban J connectivity index is 2.52. The van der Waals surface area contributed by atoms with Crippen molar-refractivity contribution >= 4 is 39.2 Å². The molecule has 0 aromatic heterocycles. The number of fused-ring (bicyclic) bond motifs is 1. The maximum absolute atomic E-state index is 11.7. The van der Waals surface area contributed by atoms with Gasteiger partial charge in [-0.2, -0.15) is 0 Å². The van der Waals surface area contributed by atoms with E-state index in [0.29, 0.717) is 6.61 Å². The molecule has 0 N–H and O–H groups in total. The fraction of sp³-hybridized carbons (Fsp3) is 0.400. The molecule has 4 heteroatoms. The van der Waals surface area contributed by atoms with E-state index in [1.54, 1.807) is 17.8 Å². The van der Waals surface area contributed by atoms with Gasteiger partial charge < -0.3 is 4.74 Å². The standard InChI is InChI=1S/C15H17BrO2S/c1-5-18-13(17)7-11-10(4)19-12-6-8(2)9(3)15(16)14(11)12/h6-7,10H,5H2,1-4H3. The summed E-state index contributed by atoms with van der Waals surface area (Å²) in [6.07, 6.45) is 1.63. The molecule has 1 aliphatic rings. The molecule has 0 aliphatic carbocycles. The Morgan fingerprint density at radius 1 is 1.53 bits per heavy atom. The molecule has 1 atom stereocenters. The van der Waals surface area contributed by atoms with Gasteiger partial charge in [-0.1, -0.05) is 0 Å². The minimum atomic E-state index is -0.261. The van der Waals surface area contributed by atoms with Crippen molar-refractivity contribution in [3.63, 3.8) is 0 Å². The normalized spacial score (nSPS) is 19.6. The number of carbonyl (C=O) groups excluding carboxylic acids is 1. The van der Waals surface area contributed by atoms with Crippen LogP contribution in [0.1, 0.15) is 30.5 Å². The average Bonchev–Trinajstić information content (AvgIpc) is 2.63. The van der Waals surface area contributed by atoms with Gasteiger partial charge in [0.1, 0.15) is 0 Å². The Morgan fingerprint density at radius 2 is 2.21 bits per heavy atom. The number of carbonyl (C=O) groups is 1. The van der Waals surface area contributed by atoms with Gasteiger partial charge in [-0.05, 0) is 66.4 Å². The SMILES string of the molecule is CCOC(=O)C=C1c2c(cc(C)c(C)c2Br)SC1C. The van der Waals surface area contributed by atoms with Crippen molar-refractivity contribution in [2.24, 2.45) is 0 Å². The van der Waals surface area contributed by atoms with Crippen molar-refractivity contribution in [2.45, 2.75) is 37.8 Å². The summed E-state index contributed by atoms with van der Waals surface area (Å²) in [5.41, 5.74) is 4.69. The van der Waals surface area contributed by atoms with Crippen LogP contribution in [-0.4, -0.2) is 17.8 Å². The second-order valence-electron chi connectivity index (χ2n) is 4.62. The van der Waals surface area contributed by atoms with Gasteiger partial charge in [0.25, 0.3) is 0 Å². The summed E-state index contributed by atoms with van der Waals surface area (Å²) in [4.78, 5) is 12.9. The van der Waals surface area contributed by atoms with Gasteiger partial charge in [-0.3, -0.25) is 0 Å². The predicted molar refractivity (Wildman–Crippen MR) is 83.5 cm³/mol. The molecule has 1 aliphatic heterocycles. The minimum Gasteiger partial charge on any atom is -0.463 e. The lowest BCUT2D eigenvalue weighted by Gasteiger charge is -2.10. The van der Waals surface area contributed by atoms with Gasteiger partial charge in [0.05, 0.1) is 6.61 Å². The molecule has 0 fully saturated rings. The first-order valence-electron chi connectivity index (χ1n) is 6.30. The molecule has 2 rings (SSSR count). The van der Waals surface area contributed by atoms with E-state index < -0.39 is 0 Å². The van der Waals surface area contributed by atoms with Gasteiger partial charge in [-0.25, -0.2) is 4.79 Å². The Bertz CT molecular complexity index is 564. The Kier molecular flexibility index (Phi) is 4.41. The number of esters is 1. The van der Waals surface area contributed by atoms with E-state index in [4.69, 9.17) is 4.74 Å². The molecule has 0 saturated carbocycles. The van der Waals surface area contributed by atoms with Crippen LogP contribution < -0.4 is 0 Å². The smallest absolute Gasteiger partial charge is 0.331 e. The van der Waals surface area contributed by atoms with E-state index in [-0.39, 0.29) is 11.2 Å². The van der Waals surface area contributed by atoms with Crippen LogP contribution in [0.4, 0.5) is 0 Å². The van der Waals surface area contributed by atoms with E-state index in [0.717, 1.165) is 15.6 Å². The zero-order chi connectivity index (χ0) is 14.2. The number of halogens is 1. The van der Waals surface area contributed by atoms with Gasteiger partial charge >= 0.3 is 5.97 Å². The lowest BCUT2D eigenvalue weighted by molar-refractivity contribution is -0.137. The minimum absolute atomic E-state index is 0.261.